The van der Waals surface area contributed by atoms with Crippen molar-refractivity contribution < 1.29 is 23.5 Å². The highest BCUT2D eigenvalue weighted by Crippen LogP contribution is 2.18. The molecule has 0 aliphatic rings. The van der Waals surface area contributed by atoms with Crippen LogP contribution >= 0.6 is 11.3 Å². The van der Waals surface area contributed by atoms with Crippen molar-refractivity contribution in [2.24, 2.45) is 0 Å². The fourth-order valence-electron chi connectivity index (χ4n) is 1.65. The number of hydrogen-bond donors (Lipinski definition) is 2. The van der Waals surface area contributed by atoms with Crippen LogP contribution in [0.4, 0.5) is 8.78 Å². The largest absolute Gasteiger partial charge is 0.477 e. The maximum absolute atomic E-state index is 13.4. The van der Waals surface area contributed by atoms with Gasteiger partial charge in [-0.3, -0.25) is 4.79 Å². The van der Waals surface area contributed by atoms with E-state index in [4.69, 9.17) is 5.11 Å². The quantitative estimate of drug-likeness (QED) is 0.908. The van der Waals surface area contributed by atoms with Crippen LogP contribution in [0.5, 0.6) is 0 Å². The summed E-state index contributed by atoms with van der Waals surface area (Å²) in [5.41, 5.74) is 0.0628. The van der Waals surface area contributed by atoms with E-state index >= 15 is 0 Å². The Hall–Kier alpha value is -2.35. The number of rotatable bonds is 4. The van der Waals surface area contributed by atoms with Gasteiger partial charge in [-0.2, -0.15) is 0 Å². The number of hydrogen-bond acceptors (Lipinski definition) is 4. The molecule has 0 saturated heterocycles. The van der Waals surface area contributed by atoms with Gasteiger partial charge < -0.3 is 10.4 Å². The van der Waals surface area contributed by atoms with E-state index in [0.717, 1.165) is 23.5 Å². The Morgan fingerprint density at radius 1 is 1.38 bits per heavy atom. The van der Waals surface area contributed by atoms with Gasteiger partial charge in [-0.15, -0.1) is 11.3 Å². The molecule has 8 heteroatoms. The standard InChI is InChI=1S/C13H10F2N2O3S/c1-6-11(13(19)20)21-10(17-6)5-16-12(18)8-3-2-7(14)4-9(8)15/h2-4H,5H2,1H3,(H,16,18)(H,19,20). The lowest BCUT2D eigenvalue weighted by molar-refractivity contribution is 0.0701. The van der Waals surface area contributed by atoms with E-state index in [1.54, 1.807) is 6.92 Å². The van der Waals surface area contributed by atoms with Crippen LogP contribution in [0.2, 0.25) is 0 Å². The second-order valence-electron chi connectivity index (χ2n) is 4.13. The highest BCUT2D eigenvalue weighted by atomic mass is 32.1. The Bertz CT molecular complexity index is 715. The second-order valence-corrected chi connectivity index (χ2v) is 5.22. The summed E-state index contributed by atoms with van der Waals surface area (Å²) in [5.74, 6) is -3.55. The van der Waals surface area contributed by atoms with Crippen LogP contribution in [0.15, 0.2) is 18.2 Å². The molecule has 0 fully saturated rings. The molecule has 0 spiro atoms. The lowest BCUT2D eigenvalue weighted by Gasteiger charge is -2.04. The molecule has 0 aliphatic heterocycles. The van der Waals surface area contributed by atoms with E-state index in [-0.39, 0.29) is 17.0 Å². The van der Waals surface area contributed by atoms with E-state index in [0.29, 0.717) is 16.8 Å². The molecule has 0 bridgehead atoms. The van der Waals surface area contributed by atoms with Crippen LogP contribution in [0.3, 0.4) is 0 Å². The number of amides is 1. The summed E-state index contributed by atoms with van der Waals surface area (Å²) >= 11 is 0.932. The lowest BCUT2D eigenvalue weighted by Crippen LogP contribution is -2.23. The third-order valence-electron chi connectivity index (χ3n) is 2.61. The van der Waals surface area contributed by atoms with E-state index in [2.05, 4.69) is 10.3 Å². The number of aromatic nitrogens is 1. The fraction of sp³-hybridized carbons (Fsp3) is 0.154. The Labute approximate surface area is 122 Å². The van der Waals surface area contributed by atoms with Crippen molar-refractivity contribution in [3.63, 3.8) is 0 Å². The van der Waals surface area contributed by atoms with E-state index in [1.165, 1.54) is 0 Å². The van der Waals surface area contributed by atoms with Gasteiger partial charge >= 0.3 is 5.97 Å². The van der Waals surface area contributed by atoms with Crippen molar-refractivity contribution in [1.29, 1.82) is 0 Å². The van der Waals surface area contributed by atoms with Crippen LogP contribution < -0.4 is 5.32 Å². The molecule has 1 heterocycles. The Balaban J connectivity index is 2.07. The zero-order valence-electron chi connectivity index (χ0n) is 10.8. The third kappa shape index (κ3) is 3.40. The smallest absolute Gasteiger partial charge is 0.347 e. The van der Waals surface area contributed by atoms with Gasteiger partial charge in [-0.1, -0.05) is 0 Å². The molecule has 0 radical (unpaired) electrons. The molecular formula is C13H10F2N2O3S. The topological polar surface area (TPSA) is 79.3 Å². The summed E-state index contributed by atoms with van der Waals surface area (Å²) in [4.78, 5) is 26.7. The van der Waals surface area contributed by atoms with Crippen LogP contribution in [0.25, 0.3) is 0 Å². The number of carbonyl (C=O) groups is 2. The zero-order valence-corrected chi connectivity index (χ0v) is 11.6. The lowest BCUT2D eigenvalue weighted by atomic mass is 10.2. The van der Waals surface area contributed by atoms with E-state index < -0.39 is 23.5 Å². The van der Waals surface area contributed by atoms with Crippen molar-refractivity contribution in [2.45, 2.75) is 13.5 Å². The van der Waals surface area contributed by atoms with Crippen LogP contribution in [-0.2, 0) is 6.54 Å². The highest BCUT2D eigenvalue weighted by Gasteiger charge is 2.16. The number of aromatic carboxylic acids is 1. The highest BCUT2D eigenvalue weighted by molar-refractivity contribution is 7.13. The minimum absolute atomic E-state index is 0.0333. The summed E-state index contributed by atoms with van der Waals surface area (Å²) < 4.78 is 26.2. The predicted octanol–water partition coefficient (Wildman–Crippen LogP) is 2.36. The Morgan fingerprint density at radius 2 is 2.10 bits per heavy atom. The van der Waals surface area contributed by atoms with Gasteiger partial charge in [0.05, 0.1) is 17.8 Å². The molecule has 2 rings (SSSR count). The predicted molar refractivity (Wildman–Crippen MR) is 71.3 cm³/mol. The Morgan fingerprint density at radius 3 is 2.67 bits per heavy atom. The molecule has 1 amide bonds. The molecule has 1 aromatic heterocycles. The van der Waals surface area contributed by atoms with Crippen molar-refractivity contribution in [1.82, 2.24) is 10.3 Å². The summed E-state index contributed by atoms with van der Waals surface area (Å²) in [6.07, 6.45) is 0. The number of nitrogens with zero attached hydrogens (tertiary/aromatic N) is 1. The normalized spacial score (nSPS) is 10.4. The van der Waals surface area contributed by atoms with Crippen LogP contribution in [0, 0.1) is 18.6 Å². The van der Waals surface area contributed by atoms with Gasteiger partial charge in [0, 0.05) is 6.07 Å². The molecule has 1 aromatic carbocycles. The fourth-order valence-corrected chi connectivity index (χ4v) is 2.49. The van der Waals surface area contributed by atoms with Gasteiger partial charge in [-0.25, -0.2) is 18.6 Å². The number of aryl methyl sites for hydroxylation is 1. The van der Waals surface area contributed by atoms with Crippen LogP contribution in [0.1, 0.15) is 30.7 Å². The average Bonchev–Trinajstić information content (AvgIpc) is 2.77. The first-order valence-electron chi connectivity index (χ1n) is 5.81. The number of carboxylic acids is 1. The van der Waals surface area contributed by atoms with Crippen molar-refractivity contribution >= 4 is 23.2 Å². The summed E-state index contributed by atoms with van der Waals surface area (Å²) in [6.45, 7) is 1.51. The molecule has 2 N–H and O–H groups in total. The number of nitrogens with one attached hydrogen (secondary N) is 1. The molecular weight excluding hydrogens is 302 g/mol. The van der Waals surface area contributed by atoms with E-state index in [1.807, 2.05) is 0 Å². The van der Waals surface area contributed by atoms with Crippen molar-refractivity contribution in [3.8, 4) is 0 Å². The maximum atomic E-state index is 13.4. The molecule has 0 aliphatic carbocycles. The van der Waals surface area contributed by atoms with Gasteiger partial charge in [-0.05, 0) is 19.1 Å². The molecule has 0 saturated carbocycles. The Kier molecular flexibility index (Phi) is 4.27. The summed E-state index contributed by atoms with van der Waals surface area (Å²) in [7, 11) is 0. The third-order valence-corrected chi connectivity index (χ3v) is 3.76. The molecule has 0 atom stereocenters. The molecule has 21 heavy (non-hydrogen) atoms. The minimum Gasteiger partial charge on any atom is -0.477 e. The molecule has 110 valence electrons. The summed E-state index contributed by atoms with van der Waals surface area (Å²) in [6, 6.07) is 2.63. The van der Waals surface area contributed by atoms with E-state index in [9.17, 15) is 18.4 Å². The number of carbonyl (C=O) groups excluding carboxylic acids is 1. The monoisotopic (exact) mass is 312 g/mol. The minimum atomic E-state index is -1.09. The molecule has 2 aromatic rings. The summed E-state index contributed by atoms with van der Waals surface area (Å²) in [5, 5.41) is 11.7. The first-order chi connectivity index (χ1) is 9.88. The zero-order chi connectivity index (χ0) is 15.6. The van der Waals surface area contributed by atoms with Crippen molar-refractivity contribution in [3.05, 3.63) is 51.0 Å². The van der Waals surface area contributed by atoms with Gasteiger partial charge in [0.25, 0.3) is 5.91 Å². The molecule has 0 unspecified atom stereocenters. The first-order valence-corrected chi connectivity index (χ1v) is 6.63. The number of carboxylic acid groups (broad SMARTS) is 1. The number of thiazole rings is 1. The molecule has 5 nitrogen and oxygen atoms in total. The number of benzene rings is 1. The van der Waals surface area contributed by atoms with Gasteiger partial charge in [0.1, 0.15) is 21.5 Å². The second kappa shape index (κ2) is 5.96. The van der Waals surface area contributed by atoms with Crippen LogP contribution in [-0.4, -0.2) is 22.0 Å². The van der Waals surface area contributed by atoms with Gasteiger partial charge in [0.2, 0.25) is 0 Å². The van der Waals surface area contributed by atoms with Gasteiger partial charge in [0.15, 0.2) is 0 Å². The maximum Gasteiger partial charge on any atom is 0.347 e. The average molecular weight is 312 g/mol. The first kappa shape index (κ1) is 15.0. The van der Waals surface area contributed by atoms with Crippen molar-refractivity contribution in [2.75, 3.05) is 0 Å². The number of halogens is 2. The SMILES string of the molecule is Cc1nc(CNC(=O)c2ccc(F)cc2F)sc1C(=O)O.